The molecule has 3 atom stereocenters. The maximum Gasteiger partial charge on any atom is 0.472 e. The maximum absolute atomic E-state index is 13.1. The third kappa shape index (κ3) is 67.7. The van der Waals surface area contributed by atoms with Gasteiger partial charge in [-0.15, -0.1) is 0 Å². The smallest absolute Gasteiger partial charge is 0.391 e. The zero-order valence-corrected chi connectivity index (χ0v) is 57.5. The molecule has 3 unspecified atom stereocenters. The van der Waals surface area contributed by atoms with Crippen LogP contribution in [0.4, 0.5) is 0 Å². The number of phosphoric ester groups is 1. The van der Waals surface area contributed by atoms with Crippen molar-refractivity contribution in [1.29, 1.82) is 0 Å². The number of aliphatic hydroxyl groups is 1. The first-order valence-electron chi connectivity index (χ1n) is 36.7. The fourth-order valence-corrected chi connectivity index (χ4v) is 11.9. The van der Waals surface area contributed by atoms with Gasteiger partial charge in [-0.3, -0.25) is 13.8 Å². The van der Waals surface area contributed by atoms with E-state index in [0.717, 1.165) is 70.6 Å². The molecular formula is C75H144N2O6P+. The first kappa shape index (κ1) is 82.2. The Hall–Kier alpha value is -1.80. The minimum Gasteiger partial charge on any atom is -0.391 e. The molecule has 0 saturated heterocycles. The average molecular weight is 1200 g/mol. The first-order chi connectivity index (χ1) is 41.0. The van der Waals surface area contributed by atoms with E-state index in [4.69, 9.17) is 9.05 Å². The molecule has 3 N–H and O–H groups in total. The number of phosphoric acid groups is 1. The van der Waals surface area contributed by atoms with Crippen LogP contribution in [-0.4, -0.2) is 73.4 Å². The molecular weight excluding hydrogens is 1060 g/mol. The zero-order chi connectivity index (χ0) is 61.2. The lowest BCUT2D eigenvalue weighted by atomic mass is 10.0. The molecule has 0 rings (SSSR count). The number of allylic oxidation sites excluding steroid dienone is 10. The van der Waals surface area contributed by atoms with Crippen molar-refractivity contribution in [3.8, 4) is 0 Å². The summed E-state index contributed by atoms with van der Waals surface area (Å²) in [7, 11) is 1.63. The molecule has 0 aromatic carbocycles. The van der Waals surface area contributed by atoms with Crippen LogP contribution in [0.5, 0.6) is 0 Å². The normalized spacial score (nSPS) is 13.9. The van der Waals surface area contributed by atoms with Crippen molar-refractivity contribution in [2.45, 2.75) is 373 Å². The summed E-state index contributed by atoms with van der Waals surface area (Å²) in [5.41, 5.74) is 0. The molecule has 0 aliphatic heterocycles. The molecule has 0 spiro atoms. The van der Waals surface area contributed by atoms with E-state index < -0.39 is 20.0 Å². The molecule has 0 aromatic rings. The van der Waals surface area contributed by atoms with Gasteiger partial charge in [0, 0.05) is 6.42 Å². The molecule has 0 saturated carbocycles. The van der Waals surface area contributed by atoms with Crippen molar-refractivity contribution in [2.75, 3.05) is 40.9 Å². The van der Waals surface area contributed by atoms with Gasteiger partial charge in [0.15, 0.2) is 0 Å². The lowest BCUT2D eigenvalue weighted by Crippen LogP contribution is -2.46. The van der Waals surface area contributed by atoms with Crippen LogP contribution in [-0.2, 0) is 18.4 Å². The van der Waals surface area contributed by atoms with Gasteiger partial charge in [0.25, 0.3) is 0 Å². The van der Waals surface area contributed by atoms with Gasteiger partial charge in [0.05, 0.1) is 39.9 Å². The number of carbonyl (C=O) groups excluding carboxylic acids is 1. The Morgan fingerprint density at radius 3 is 1.05 bits per heavy atom. The van der Waals surface area contributed by atoms with Crippen molar-refractivity contribution >= 4 is 13.7 Å². The first-order valence-corrected chi connectivity index (χ1v) is 38.1. The van der Waals surface area contributed by atoms with Crippen LogP contribution in [0, 0.1) is 0 Å². The van der Waals surface area contributed by atoms with E-state index in [2.05, 4.69) is 79.9 Å². The lowest BCUT2D eigenvalue weighted by molar-refractivity contribution is -0.870. The number of aliphatic hydroxyl groups excluding tert-OH is 1. The quantitative estimate of drug-likeness (QED) is 0.0243. The second-order valence-corrected chi connectivity index (χ2v) is 27.8. The third-order valence-corrected chi connectivity index (χ3v) is 17.8. The van der Waals surface area contributed by atoms with Crippen LogP contribution in [0.25, 0.3) is 0 Å². The van der Waals surface area contributed by atoms with E-state index in [9.17, 15) is 19.4 Å². The van der Waals surface area contributed by atoms with E-state index in [0.29, 0.717) is 23.9 Å². The maximum atomic E-state index is 13.1. The summed E-state index contributed by atoms with van der Waals surface area (Å²) in [4.78, 5) is 23.5. The van der Waals surface area contributed by atoms with Crippen molar-refractivity contribution < 1.29 is 32.9 Å². The van der Waals surface area contributed by atoms with Crippen molar-refractivity contribution in [3.63, 3.8) is 0 Å². The molecule has 0 bridgehead atoms. The zero-order valence-electron chi connectivity index (χ0n) is 56.7. The topological polar surface area (TPSA) is 105 Å². The Balaban J connectivity index is 3.89. The summed E-state index contributed by atoms with van der Waals surface area (Å²) >= 11 is 0. The van der Waals surface area contributed by atoms with Gasteiger partial charge in [0.1, 0.15) is 13.2 Å². The number of carbonyl (C=O) groups is 1. The van der Waals surface area contributed by atoms with Gasteiger partial charge in [-0.1, -0.05) is 357 Å². The standard InChI is InChI=1S/C75H143N2O6P/c1-6-8-10-12-14-16-18-20-22-24-26-28-29-30-31-32-33-34-35-36-37-38-39-40-41-42-43-44-45-46-47-49-51-53-55-57-59-61-63-65-67-69-75(79)76-73(72-83-84(80,81)82-71-70-77(3,4)5)74(78)68-66-64-62-60-58-56-54-52-50-48-27-25-23-21-19-17-15-13-11-9-7-2/h8,10,14,16,20,22,26,28,30-31,73-74,78H,6-7,9,11-13,15,17-19,21,23-25,27,29,32-72H2,1-5H3,(H-,76,79,80,81)/p+1/b10-8-,16-14-,22-20-,28-26-,31-30-. The molecule has 1 amide bonds. The SMILES string of the molecule is CC/C=C\C/C=C\C/C=C\C/C=C\C/C=C\CCCCCCCCCCCCCCCCCCCCCCCCCCCC(=O)NC(COP(=O)(O)OCC[N+](C)(C)C)C(O)CCCCCCCCCCCCCCCCCCCCCCC. The lowest BCUT2D eigenvalue weighted by Gasteiger charge is -2.26. The summed E-state index contributed by atoms with van der Waals surface area (Å²) in [5, 5.41) is 14.2. The Morgan fingerprint density at radius 1 is 0.417 bits per heavy atom. The highest BCUT2D eigenvalue weighted by atomic mass is 31.2. The number of hydrogen-bond acceptors (Lipinski definition) is 5. The Kier molecular flexibility index (Phi) is 64.2. The van der Waals surface area contributed by atoms with Crippen LogP contribution in [0.3, 0.4) is 0 Å². The predicted molar refractivity (Wildman–Crippen MR) is 369 cm³/mol. The summed E-state index contributed by atoms with van der Waals surface area (Å²) in [6.45, 7) is 4.83. The monoisotopic (exact) mass is 1200 g/mol. The molecule has 0 radical (unpaired) electrons. The van der Waals surface area contributed by atoms with E-state index in [-0.39, 0.29) is 19.1 Å². The van der Waals surface area contributed by atoms with Gasteiger partial charge < -0.3 is 19.8 Å². The summed E-state index contributed by atoms with van der Waals surface area (Å²) < 4.78 is 23.9. The second-order valence-electron chi connectivity index (χ2n) is 26.3. The highest BCUT2D eigenvalue weighted by molar-refractivity contribution is 7.47. The third-order valence-electron chi connectivity index (χ3n) is 16.8. The molecule has 9 heteroatoms. The largest absolute Gasteiger partial charge is 0.472 e. The minimum absolute atomic E-state index is 0.0766. The number of nitrogens with zero attached hydrogens (tertiary/aromatic N) is 1. The van der Waals surface area contributed by atoms with Crippen molar-refractivity contribution in [2.24, 2.45) is 0 Å². The van der Waals surface area contributed by atoms with Crippen LogP contribution >= 0.6 is 7.82 Å². The Bertz CT molecular complexity index is 1550. The number of rotatable bonds is 68. The molecule has 8 nitrogen and oxygen atoms in total. The molecule has 84 heavy (non-hydrogen) atoms. The number of unbranched alkanes of at least 4 members (excludes halogenated alkanes) is 45. The van der Waals surface area contributed by atoms with Gasteiger partial charge in [-0.2, -0.15) is 0 Å². The highest BCUT2D eigenvalue weighted by Gasteiger charge is 2.28. The number of hydrogen-bond donors (Lipinski definition) is 3. The van der Waals surface area contributed by atoms with Crippen molar-refractivity contribution in [3.05, 3.63) is 60.8 Å². The molecule has 0 fully saturated rings. The summed E-state index contributed by atoms with van der Waals surface area (Å²) in [5.74, 6) is -0.137. The number of amides is 1. The van der Waals surface area contributed by atoms with Crippen LogP contribution in [0.1, 0.15) is 361 Å². The molecule has 0 aromatic heterocycles. The molecule has 0 aliphatic carbocycles. The fraction of sp³-hybridized carbons (Fsp3) is 0.853. The number of nitrogens with one attached hydrogen (secondary N) is 1. The molecule has 0 heterocycles. The van der Waals surface area contributed by atoms with Crippen LogP contribution < -0.4 is 5.32 Å². The van der Waals surface area contributed by atoms with Crippen molar-refractivity contribution in [1.82, 2.24) is 5.32 Å². The average Bonchev–Trinajstić information content (AvgIpc) is 3.56. The molecule has 494 valence electrons. The summed E-state index contributed by atoms with van der Waals surface area (Å²) in [6, 6.07) is -0.761. The van der Waals surface area contributed by atoms with Crippen LogP contribution in [0.2, 0.25) is 0 Å². The Morgan fingerprint density at radius 2 is 0.714 bits per heavy atom. The van der Waals surface area contributed by atoms with Gasteiger partial charge in [0.2, 0.25) is 5.91 Å². The molecule has 0 aliphatic rings. The van der Waals surface area contributed by atoms with Gasteiger partial charge >= 0.3 is 7.82 Å². The van der Waals surface area contributed by atoms with E-state index in [1.807, 2.05) is 21.1 Å². The highest BCUT2D eigenvalue weighted by Crippen LogP contribution is 2.43. The van der Waals surface area contributed by atoms with E-state index in [1.165, 1.54) is 263 Å². The van der Waals surface area contributed by atoms with E-state index >= 15 is 0 Å². The second kappa shape index (κ2) is 65.6. The minimum atomic E-state index is -4.33. The number of likely N-dealkylation sites (N-methyl/N-ethyl adjacent to an activating group) is 1. The number of quaternary nitrogens is 1. The summed E-state index contributed by atoms with van der Waals surface area (Å²) in [6.07, 6.45) is 90.6. The predicted octanol–water partition coefficient (Wildman–Crippen LogP) is 23.6. The van der Waals surface area contributed by atoms with Gasteiger partial charge in [-0.25, -0.2) is 4.57 Å². The van der Waals surface area contributed by atoms with E-state index in [1.54, 1.807) is 0 Å². The van der Waals surface area contributed by atoms with Crippen LogP contribution in [0.15, 0.2) is 60.8 Å². The fourth-order valence-electron chi connectivity index (χ4n) is 11.1. The van der Waals surface area contributed by atoms with Gasteiger partial charge in [-0.05, 0) is 57.8 Å². The Labute approximate surface area is 523 Å².